The predicted octanol–water partition coefficient (Wildman–Crippen LogP) is 0.357. The third kappa shape index (κ3) is 3.14. The molecule has 46 valence electrons. The maximum Gasteiger partial charge on any atom is 0.309 e. The number of oxime groups is 1. The van der Waals surface area contributed by atoms with Gasteiger partial charge in [-0.2, -0.15) is 0 Å². The fraction of sp³-hybridized carbons (Fsp3) is 0.500. The number of esters is 1. The Hall–Kier alpha value is -1.06. The van der Waals surface area contributed by atoms with Gasteiger partial charge in [0.1, 0.15) is 0 Å². The van der Waals surface area contributed by atoms with E-state index in [1.165, 1.54) is 13.8 Å². The van der Waals surface area contributed by atoms with Gasteiger partial charge in [-0.25, -0.2) is 0 Å². The molecule has 4 nitrogen and oxygen atoms in total. The fourth-order valence-electron chi connectivity index (χ4n) is 0.228. The van der Waals surface area contributed by atoms with Crippen molar-refractivity contribution in [1.29, 1.82) is 0 Å². The van der Waals surface area contributed by atoms with Gasteiger partial charge in [0.15, 0.2) is 0 Å². The van der Waals surface area contributed by atoms with Crippen molar-refractivity contribution in [3.8, 4) is 0 Å². The lowest BCUT2D eigenvalue weighted by atomic mass is 10.7. The molecule has 0 heterocycles. The van der Waals surface area contributed by atoms with Gasteiger partial charge in [-0.15, -0.1) is 0 Å². The van der Waals surface area contributed by atoms with E-state index in [0.717, 1.165) is 0 Å². The van der Waals surface area contributed by atoms with Gasteiger partial charge >= 0.3 is 5.97 Å². The van der Waals surface area contributed by atoms with Gasteiger partial charge in [-0.05, 0) is 0 Å². The van der Waals surface area contributed by atoms with Crippen LogP contribution in [0.15, 0.2) is 5.16 Å². The highest BCUT2D eigenvalue weighted by Gasteiger charge is 1.93. The first-order valence-electron chi connectivity index (χ1n) is 2.04. The zero-order valence-electron chi connectivity index (χ0n) is 4.71. The van der Waals surface area contributed by atoms with E-state index < -0.39 is 5.97 Å². The van der Waals surface area contributed by atoms with Crippen LogP contribution in [-0.2, 0) is 9.53 Å². The highest BCUT2D eigenvalue weighted by atomic mass is 16.6. The molecule has 0 rings (SSSR count). The molecule has 0 aromatic carbocycles. The summed E-state index contributed by atoms with van der Waals surface area (Å²) in [7, 11) is 0. The van der Waals surface area contributed by atoms with Gasteiger partial charge in [0.2, 0.25) is 5.90 Å². The molecule has 0 aliphatic carbocycles. The van der Waals surface area contributed by atoms with Crippen LogP contribution in [0.3, 0.4) is 0 Å². The summed E-state index contributed by atoms with van der Waals surface area (Å²) in [6.45, 7) is 2.61. The molecule has 0 spiro atoms. The largest absolute Gasteiger partial charge is 0.409 e. The first-order valence-corrected chi connectivity index (χ1v) is 2.04. The second-order valence-corrected chi connectivity index (χ2v) is 1.21. The second-order valence-electron chi connectivity index (χ2n) is 1.21. The van der Waals surface area contributed by atoms with Crippen molar-refractivity contribution in [2.75, 3.05) is 0 Å². The molecule has 0 fully saturated rings. The van der Waals surface area contributed by atoms with Gasteiger partial charge in [0.25, 0.3) is 0 Å². The molecule has 0 atom stereocenters. The van der Waals surface area contributed by atoms with E-state index in [1.54, 1.807) is 0 Å². The summed E-state index contributed by atoms with van der Waals surface area (Å²) in [5, 5.41) is 10.5. The Morgan fingerprint density at radius 3 is 2.25 bits per heavy atom. The van der Waals surface area contributed by atoms with Crippen molar-refractivity contribution in [1.82, 2.24) is 0 Å². The van der Waals surface area contributed by atoms with Crippen molar-refractivity contribution in [3.05, 3.63) is 0 Å². The predicted molar refractivity (Wildman–Crippen MR) is 26.7 cm³/mol. The second kappa shape index (κ2) is 3.01. The van der Waals surface area contributed by atoms with Crippen molar-refractivity contribution < 1.29 is 14.7 Å². The van der Waals surface area contributed by atoms with Crippen LogP contribution in [-0.4, -0.2) is 17.1 Å². The molecule has 0 aromatic rings. The summed E-state index contributed by atoms with van der Waals surface area (Å²) >= 11 is 0. The topological polar surface area (TPSA) is 58.9 Å². The van der Waals surface area contributed by atoms with Crippen LogP contribution < -0.4 is 0 Å². The first kappa shape index (κ1) is 6.94. The molecule has 0 radical (unpaired) electrons. The number of hydrogen-bond donors (Lipinski definition) is 1. The Kier molecular flexibility index (Phi) is 2.61. The van der Waals surface area contributed by atoms with E-state index in [4.69, 9.17) is 5.21 Å². The average molecular weight is 117 g/mol. The molecule has 0 amide bonds. The van der Waals surface area contributed by atoms with Crippen LogP contribution in [0.2, 0.25) is 0 Å². The van der Waals surface area contributed by atoms with Gasteiger partial charge in [-0.3, -0.25) is 4.79 Å². The van der Waals surface area contributed by atoms with Gasteiger partial charge in [0, 0.05) is 13.8 Å². The maximum absolute atomic E-state index is 10.00. The fourth-order valence-corrected chi connectivity index (χ4v) is 0.228. The maximum atomic E-state index is 10.00. The summed E-state index contributed by atoms with van der Waals surface area (Å²) < 4.78 is 4.26. The van der Waals surface area contributed by atoms with Crippen molar-refractivity contribution in [2.45, 2.75) is 13.8 Å². The number of hydrogen-bond acceptors (Lipinski definition) is 4. The number of nitrogens with zero attached hydrogens (tertiary/aromatic N) is 1. The summed E-state index contributed by atoms with van der Waals surface area (Å²) in [4.78, 5) is 10.00. The summed E-state index contributed by atoms with van der Waals surface area (Å²) in [5.41, 5.74) is 0. The number of carbonyl (C=O) groups excluding carboxylic acids is 1. The zero-order chi connectivity index (χ0) is 6.57. The highest BCUT2D eigenvalue weighted by molar-refractivity contribution is 5.85. The molecule has 1 N–H and O–H groups in total. The summed E-state index contributed by atoms with van der Waals surface area (Å²) in [6.07, 6.45) is 0. The van der Waals surface area contributed by atoms with Crippen molar-refractivity contribution in [3.63, 3.8) is 0 Å². The summed E-state index contributed by atoms with van der Waals surface area (Å²) in [5.74, 6) is -0.530. The average Bonchev–Trinajstić information content (AvgIpc) is 1.65. The molecule has 0 aliphatic rings. The van der Waals surface area contributed by atoms with E-state index in [0.29, 0.717) is 0 Å². The monoisotopic (exact) mass is 117 g/mol. The Balaban J connectivity index is 3.56. The van der Waals surface area contributed by atoms with Crippen LogP contribution in [0, 0.1) is 0 Å². The lowest BCUT2D eigenvalue weighted by Gasteiger charge is -1.92. The van der Waals surface area contributed by atoms with E-state index in [2.05, 4.69) is 9.89 Å². The molecule has 8 heavy (non-hydrogen) atoms. The Bertz CT molecular complexity index is 118. The standard InChI is InChI=1S/C4H7NO3/c1-3(5-7)8-4(2)6/h7H,1-2H3/b5-3+. The Morgan fingerprint density at radius 2 is 2.12 bits per heavy atom. The van der Waals surface area contributed by atoms with Crippen LogP contribution in [0.5, 0.6) is 0 Å². The van der Waals surface area contributed by atoms with E-state index in [-0.39, 0.29) is 5.90 Å². The molecule has 0 bridgehead atoms. The van der Waals surface area contributed by atoms with Crippen molar-refractivity contribution >= 4 is 11.9 Å². The molecule has 0 aromatic heterocycles. The van der Waals surface area contributed by atoms with E-state index in [1.807, 2.05) is 0 Å². The minimum absolute atomic E-state index is 0.0440. The number of carbonyl (C=O) groups is 1. The van der Waals surface area contributed by atoms with Gasteiger partial charge in [-0.1, -0.05) is 5.16 Å². The molecule has 0 aliphatic heterocycles. The smallest absolute Gasteiger partial charge is 0.309 e. The first-order chi connectivity index (χ1) is 3.66. The van der Waals surface area contributed by atoms with Crippen LogP contribution in [0.25, 0.3) is 0 Å². The third-order valence-corrected chi connectivity index (χ3v) is 0.432. The van der Waals surface area contributed by atoms with Crippen LogP contribution in [0.4, 0.5) is 0 Å². The highest BCUT2D eigenvalue weighted by Crippen LogP contribution is 1.78. The van der Waals surface area contributed by atoms with Crippen LogP contribution in [0.1, 0.15) is 13.8 Å². The number of rotatable bonds is 0. The third-order valence-electron chi connectivity index (χ3n) is 0.432. The molecule has 0 saturated heterocycles. The SMILES string of the molecule is CC(=O)O/C(C)=N/O. The van der Waals surface area contributed by atoms with Gasteiger partial charge in [0.05, 0.1) is 0 Å². The molecular formula is C4H7NO3. The normalized spacial score (nSPS) is 11.0. The van der Waals surface area contributed by atoms with Crippen molar-refractivity contribution in [2.24, 2.45) is 5.16 Å². The number of ether oxygens (including phenoxy) is 1. The lowest BCUT2D eigenvalue weighted by Crippen LogP contribution is -2.04. The van der Waals surface area contributed by atoms with E-state index >= 15 is 0 Å². The molecule has 0 saturated carbocycles. The lowest BCUT2D eigenvalue weighted by molar-refractivity contribution is -0.133. The molecular weight excluding hydrogens is 110 g/mol. The molecule has 4 heteroatoms. The van der Waals surface area contributed by atoms with E-state index in [9.17, 15) is 4.79 Å². The quantitative estimate of drug-likeness (QED) is 0.164. The minimum atomic E-state index is -0.486. The minimum Gasteiger partial charge on any atom is -0.409 e. The van der Waals surface area contributed by atoms with Crippen LogP contribution >= 0.6 is 0 Å². The van der Waals surface area contributed by atoms with Gasteiger partial charge < -0.3 is 9.94 Å². The molecule has 0 unspecified atom stereocenters. The Morgan fingerprint density at radius 1 is 1.62 bits per heavy atom. The summed E-state index contributed by atoms with van der Waals surface area (Å²) in [6, 6.07) is 0. The zero-order valence-corrected chi connectivity index (χ0v) is 4.71. The Labute approximate surface area is 46.8 Å².